The highest BCUT2D eigenvalue weighted by atomic mass is 32.2. The number of halogens is 3. The summed E-state index contributed by atoms with van der Waals surface area (Å²) in [4.78, 5) is 2.30. The van der Waals surface area contributed by atoms with Crippen molar-refractivity contribution >= 4 is 11.8 Å². The highest BCUT2D eigenvalue weighted by molar-refractivity contribution is 7.99. The lowest BCUT2D eigenvalue weighted by Gasteiger charge is -2.26. The second-order valence-corrected chi connectivity index (χ2v) is 8.28. The number of hydrogen-bond acceptors (Lipinski definition) is 6. The predicted octanol–water partition coefficient (Wildman–Crippen LogP) is 4.39. The van der Waals surface area contributed by atoms with Gasteiger partial charge in [-0.1, -0.05) is 17.8 Å². The SMILES string of the molecule is COc1ccc(-c2nnc(SCCN3CCOCC3)n2-c2cccc(C(F)(F)F)c2)cc1. The maximum Gasteiger partial charge on any atom is 0.416 e. The number of thioether (sulfide) groups is 1. The quantitative estimate of drug-likeness (QED) is 0.484. The second-order valence-electron chi connectivity index (χ2n) is 7.22. The van der Waals surface area contributed by atoms with E-state index in [-0.39, 0.29) is 0 Å². The summed E-state index contributed by atoms with van der Waals surface area (Å²) in [7, 11) is 1.57. The molecule has 1 saturated heterocycles. The van der Waals surface area contributed by atoms with E-state index in [1.165, 1.54) is 17.8 Å². The van der Waals surface area contributed by atoms with Gasteiger partial charge in [0.15, 0.2) is 11.0 Å². The van der Waals surface area contributed by atoms with Gasteiger partial charge >= 0.3 is 6.18 Å². The summed E-state index contributed by atoms with van der Waals surface area (Å²) >= 11 is 1.47. The van der Waals surface area contributed by atoms with Gasteiger partial charge in [-0.3, -0.25) is 9.47 Å². The van der Waals surface area contributed by atoms with Gasteiger partial charge in [-0.05, 0) is 42.5 Å². The van der Waals surface area contributed by atoms with Crippen LogP contribution in [0.4, 0.5) is 13.2 Å². The number of ether oxygens (including phenoxy) is 2. The van der Waals surface area contributed by atoms with Crippen LogP contribution in [0.3, 0.4) is 0 Å². The average molecular weight is 465 g/mol. The van der Waals surface area contributed by atoms with Crippen LogP contribution in [0.25, 0.3) is 17.1 Å². The number of benzene rings is 2. The molecule has 0 N–H and O–H groups in total. The highest BCUT2D eigenvalue weighted by Gasteiger charge is 2.31. The molecule has 0 amide bonds. The monoisotopic (exact) mass is 464 g/mol. The largest absolute Gasteiger partial charge is 0.497 e. The Kier molecular flexibility index (Phi) is 7.02. The molecule has 4 rings (SSSR count). The molecule has 2 heterocycles. The van der Waals surface area contributed by atoms with Crippen LogP contribution < -0.4 is 4.74 Å². The predicted molar refractivity (Wildman–Crippen MR) is 116 cm³/mol. The normalized spacial score (nSPS) is 15.1. The van der Waals surface area contributed by atoms with Crippen molar-refractivity contribution in [3.05, 3.63) is 54.1 Å². The van der Waals surface area contributed by atoms with E-state index in [1.807, 2.05) is 12.1 Å². The van der Waals surface area contributed by atoms with E-state index in [1.54, 1.807) is 29.9 Å². The fraction of sp³-hybridized carbons (Fsp3) is 0.364. The van der Waals surface area contributed by atoms with Crippen LogP contribution in [0, 0.1) is 0 Å². The number of nitrogens with zero attached hydrogens (tertiary/aromatic N) is 4. The molecule has 0 atom stereocenters. The average Bonchev–Trinajstić information content (AvgIpc) is 3.23. The number of hydrogen-bond donors (Lipinski definition) is 0. The summed E-state index contributed by atoms with van der Waals surface area (Å²) in [5.41, 5.74) is 0.383. The van der Waals surface area contributed by atoms with Crippen LogP contribution in [-0.4, -0.2) is 65.4 Å². The van der Waals surface area contributed by atoms with Crippen LogP contribution in [0.1, 0.15) is 5.56 Å². The Morgan fingerprint density at radius 1 is 1.06 bits per heavy atom. The molecule has 1 fully saturated rings. The summed E-state index contributed by atoms with van der Waals surface area (Å²) in [6, 6.07) is 12.4. The molecule has 10 heteroatoms. The highest BCUT2D eigenvalue weighted by Crippen LogP contribution is 2.33. The Hall–Kier alpha value is -2.56. The fourth-order valence-corrected chi connectivity index (χ4v) is 4.39. The first kappa shape index (κ1) is 22.6. The third kappa shape index (κ3) is 5.25. The van der Waals surface area contributed by atoms with E-state index in [4.69, 9.17) is 9.47 Å². The Morgan fingerprint density at radius 2 is 1.81 bits per heavy atom. The van der Waals surface area contributed by atoms with Gasteiger partial charge in [0, 0.05) is 31.0 Å². The molecule has 2 aromatic carbocycles. The lowest BCUT2D eigenvalue weighted by Crippen LogP contribution is -2.37. The summed E-state index contributed by atoms with van der Waals surface area (Å²) in [6.07, 6.45) is -4.44. The third-order valence-electron chi connectivity index (χ3n) is 5.16. The second kappa shape index (κ2) is 9.93. The fourth-order valence-electron chi connectivity index (χ4n) is 3.44. The van der Waals surface area contributed by atoms with E-state index >= 15 is 0 Å². The van der Waals surface area contributed by atoms with Crippen LogP contribution in [-0.2, 0) is 10.9 Å². The minimum absolute atomic E-state index is 0.365. The van der Waals surface area contributed by atoms with Gasteiger partial charge in [0.05, 0.1) is 31.6 Å². The first-order valence-corrected chi connectivity index (χ1v) is 11.1. The van der Waals surface area contributed by atoms with Crippen LogP contribution in [0.5, 0.6) is 5.75 Å². The lowest BCUT2D eigenvalue weighted by molar-refractivity contribution is -0.137. The Labute approximate surface area is 188 Å². The standard InChI is InChI=1S/C22H23F3N4O2S/c1-30-19-7-5-16(6-8-19)20-26-27-21(32-14-11-28-9-12-31-13-10-28)29(20)18-4-2-3-17(15-18)22(23,24)25/h2-8,15H,9-14H2,1H3. The zero-order valence-corrected chi connectivity index (χ0v) is 18.3. The van der Waals surface area contributed by atoms with Crippen LogP contribution >= 0.6 is 11.8 Å². The molecule has 0 aliphatic carbocycles. The van der Waals surface area contributed by atoms with E-state index in [0.29, 0.717) is 35.6 Å². The van der Waals surface area contributed by atoms with Crippen molar-refractivity contribution in [1.82, 2.24) is 19.7 Å². The van der Waals surface area contributed by atoms with E-state index in [9.17, 15) is 13.2 Å². The van der Waals surface area contributed by atoms with Crippen molar-refractivity contribution in [1.29, 1.82) is 0 Å². The van der Waals surface area contributed by atoms with Crippen LogP contribution in [0.2, 0.25) is 0 Å². The van der Waals surface area contributed by atoms with Gasteiger partial charge in [-0.2, -0.15) is 13.2 Å². The first-order valence-electron chi connectivity index (χ1n) is 10.2. The van der Waals surface area contributed by atoms with Gasteiger partial charge < -0.3 is 9.47 Å². The molecule has 1 aromatic heterocycles. The van der Waals surface area contributed by atoms with Crippen molar-refractivity contribution in [2.45, 2.75) is 11.3 Å². The zero-order valence-electron chi connectivity index (χ0n) is 17.5. The number of rotatable bonds is 7. The molecule has 0 spiro atoms. The maximum absolute atomic E-state index is 13.4. The number of alkyl halides is 3. The first-order chi connectivity index (χ1) is 15.5. The number of morpholine rings is 1. The molecule has 3 aromatic rings. The van der Waals surface area contributed by atoms with E-state index in [0.717, 1.165) is 43.1 Å². The Balaban J connectivity index is 1.66. The molecule has 0 saturated carbocycles. The molecule has 6 nitrogen and oxygen atoms in total. The van der Waals surface area contributed by atoms with Crippen molar-refractivity contribution in [3.63, 3.8) is 0 Å². The molecule has 0 radical (unpaired) electrons. The van der Waals surface area contributed by atoms with Gasteiger partial charge in [0.1, 0.15) is 5.75 Å². The minimum Gasteiger partial charge on any atom is -0.497 e. The van der Waals surface area contributed by atoms with Gasteiger partial charge in [-0.25, -0.2) is 0 Å². The third-order valence-corrected chi connectivity index (χ3v) is 6.06. The Morgan fingerprint density at radius 3 is 2.50 bits per heavy atom. The molecule has 0 bridgehead atoms. The molecule has 1 aliphatic rings. The summed E-state index contributed by atoms with van der Waals surface area (Å²) in [5.74, 6) is 1.89. The van der Waals surface area contributed by atoms with Crippen LogP contribution in [0.15, 0.2) is 53.7 Å². The maximum atomic E-state index is 13.4. The summed E-state index contributed by atoms with van der Waals surface area (Å²) in [5, 5.41) is 9.16. The molecular formula is C22H23F3N4O2S. The van der Waals surface area contributed by atoms with E-state index < -0.39 is 11.7 Å². The Bertz CT molecular complexity index is 1030. The van der Waals surface area contributed by atoms with Gasteiger partial charge in [0.25, 0.3) is 0 Å². The van der Waals surface area contributed by atoms with Gasteiger partial charge in [-0.15, -0.1) is 10.2 Å². The number of methoxy groups -OCH3 is 1. The van der Waals surface area contributed by atoms with Crippen molar-refractivity contribution < 1.29 is 22.6 Å². The van der Waals surface area contributed by atoms with Gasteiger partial charge in [0.2, 0.25) is 0 Å². The zero-order chi connectivity index (χ0) is 22.6. The number of aromatic nitrogens is 3. The van der Waals surface area contributed by atoms with E-state index in [2.05, 4.69) is 15.1 Å². The molecular weight excluding hydrogens is 441 g/mol. The topological polar surface area (TPSA) is 52.4 Å². The minimum atomic E-state index is -4.44. The summed E-state index contributed by atoms with van der Waals surface area (Å²) < 4.78 is 52.3. The van der Waals surface area contributed by atoms with Crippen molar-refractivity contribution in [2.24, 2.45) is 0 Å². The summed E-state index contributed by atoms with van der Waals surface area (Å²) in [6.45, 7) is 4.01. The smallest absolute Gasteiger partial charge is 0.416 e. The molecule has 1 aliphatic heterocycles. The molecule has 170 valence electrons. The van der Waals surface area contributed by atoms with Crippen molar-refractivity contribution in [2.75, 3.05) is 45.7 Å². The van der Waals surface area contributed by atoms with Crippen molar-refractivity contribution in [3.8, 4) is 22.8 Å². The molecule has 32 heavy (non-hydrogen) atoms. The molecule has 0 unspecified atom stereocenters. The lowest BCUT2D eigenvalue weighted by atomic mass is 10.1.